The fourth-order valence-corrected chi connectivity index (χ4v) is 1.52. The lowest BCUT2D eigenvalue weighted by Gasteiger charge is -1.98. The number of rotatable bonds is 2. The van der Waals surface area contributed by atoms with E-state index in [9.17, 15) is 0 Å². The van der Waals surface area contributed by atoms with Crippen LogP contribution in [0.2, 0.25) is 0 Å². The van der Waals surface area contributed by atoms with Gasteiger partial charge in [-0.1, -0.05) is 6.92 Å². The number of hydrogen-bond acceptors (Lipinski definition) is 1. The summed E-state index contributed by atoms with van der Waals surface area (Å²) in [6, 6.07) is 0. The Morgan fingerprint density at radius 2 is 2.50 bits per heavy atom. The van der Waals surface area contributed by atoms with Crippen LogP contribution < -0.4 is 0 Å². The van der Waals surface area contributed by atoms with Gasteiger partial charge in [-0.15, -0.1) is 0 Å². The van der Waals surface area contributed by atoms with E-state index < -0.39 is 0 Å². The molecule has 0 aliphatic heterocycles. The zero-order valence-electron chi connectivity index (χ0n) is 5.64. The molecule has 0 aromatic carbocycles. The topological polar surface area (TPSA) is 17.8 Å². The Hall–Kier alpha value is 0.420. The molecule has 0 saturated heterocycles. The van der Waals surface area contributed by atoms with Crippen LogP contribution in [0.15, 0.2) is 10.7 Å². The molecule has 1 heterocycles. The Morgan fingerprint density at radius 3 is 2.90 bits per heavy atom. The molecule has 1 aromatic heterocycles. The molecule has 1 rings (SSSR count). The number of nitrogens with zero attached hydrogens (tertiary/aromatic N) is 2. The molecule has 2 nitrogen and oxygen atoms in total. The maximum atomic E-state index is 4.17. The van der Waals surface area contributed by atoms with E-state index in [1.807, 2.05) is 10.9 Å². The van der Waals surface area contributed by atoms with E-state index in [0.29, 0.717) is 0 Å². The van der Waals surface area contributed by atoms with Crippen molar-refractivity contribution in [2.75, 3.05) is 0 Å². The van der Waals surface area contributed by atoms with E-state index in [-0.39, 0.29) is 0 Å². The zero-order chi connectivity index (χ0) is 7.56. The summed E-state index contributed by atoms with van der Waals surface area (Å²) in [6.07, 6.45) is 2.96. The molecule has 0 aliphatic rings. The first-order valence-corrected chi connectivity index (χ1v) is 4.99. The molecule has 4 heteroatoms. The van der Waals surface area contributed by atoms with Gasteiger partial charge in [0.25, 0.3) is 0 Å². The summed E-state index contributed by atoms with van der Waals surface area (Å²) >= 11 is 5.67. The summed E-state index contributed by atoms with van der Waals surface area (Å²) in [7, 11) is 0. The lowest BCUT2D eigenvalue weighted by Crippen LogP contribution is -2.00. The van der Waals surface area contributed by atoms with E-state index in [4.69, 9.17) is 0 Å². The van der Waals surface area contributed by atoms with Crippen molar-refractivity contribution in [3.8, 4) is 0 Å². The fourth-order valence-electron chi connectivity index (χ4n) is 0.715. The van der Waals surface area contributed by atoms with Crippen molar-refractivity contribution in [2.45, 2.75) is 19.9 Å². The molecule has 1 aromatic rings. The summed E-state index contributed by atoms with van der Waals surface area (Å²) in [4.78, 5) is 0. The van der Waals surface area contributed by atoms with E-state index >= 15 is 0 Å². The second-order valence-electron chi connectivity index (χ2n) is 2.01. The minimum absolute atomic E-state index is 1.00. The molecule has 0 radical (unpaired) electrons. The SMILES string of the molecule is CCCn1ncc(Br)c1I. The van der Waals surface area contributed by atoms with Crippen LogP contribution in [-0.2, 0) is 6.54 Å². The second-order valence-corrected chi connectivity index (χ2v) is 3.88. The van der Waals surface area contributed by atoms with Crippen LogP contribution in [0.5, 0.6) is 0 Å². The highest BCUT2D eigenvalue weighted by Crippen LogP contribution is 2.17. The second kappa shape index (κ2) is 3.71. The lowest BCUT2D eigenvalue weighted by molar-refractivity contribution is 0.589. The molecule has 10 heavy (non-hydrogen) atoms. The van der Waals surface area contributed by atoms with Crippen molar-refractivity contribution in [3.63, 3.8) is 0 Å². The van der Waals surface area contributed by atoms with Crippen molar-refractivity contribution in [3.05, 3.63) is 14.4 Å². The van der Waals surface area contributed by atoms with Gasteiger partial charge in [-0.2, -0.15) is 5.10 Å². The van der Waals surface area contributed by atoms with Gasteiger partial charge in [0.05, 0.1) is 10.7 Å². The zero-order valence-corrected chi connectivity index (χ0v) is 9.39. The van der Waals surface area contributed by atoms with E-state index in [1.54, 1.807) is 0 Å². The molecule has 56 valence electrons. The largest absolute Gasteiger partial charge is 0.258 e. The smallest absolute Gasteiger partial charge is 0.113 e. The maximum absolute atomic E-state index is 4.17. The van der Waals surface area contributed by atoms with Crippen LogP contribution in [0, 0.1) is 3.70 Å². The summed E-state index contributed by atoms with van der Waals surface area (Å²) in [6.45, 7) is 3.15. The van der Waals surface area contributed by atoms with Crippen LogP contribution in [-0.4, -0.2) is 9.78 Å². The van der Waals surface area contributed by atoms with E-state index in [2.05, 4.69) is 50.5 Å². The predicted molar refractivity (Wildman–Crippen MR) is 52.9 cm³/mol. The summed E-state index contributed by atoms with van der Waals surface area (Å²) in [5, 5.41) is 4.17. The van der Waals surface area contributed by atoms with Gasteiger partial charge in [0.1, 0.15) is 3.70 Å². The third kappa shape index (κ3) is 1.72. The van der Waals surface area contributed by atoms with Gasteiger partial charge >= 0.3 is 0 Å². The van der Waals surface area contributed by atoms with E-state index in [1.165, 1.54) is 3.70 Å². The third-order valence-electron chi connectivity index (χ3n) is 1.17. The van der Waals surface area contributed by atoms with Gasteiger partial charge in [-0.25, -0.2) is 0 Å². The molecular weight excluding hydrogens is 307 g/mol. The molecule has 0 atom stereocenters. The average Bonchev–Trinajstić information content (AvgIpc) is 2.20. The monoisotopic (exact) mass is 314 g/mol. The van der Waals surface area contributed by atoms with Gasteiger partial charge in [0.15, 0.2) is 0 Å². The highest BCUT2D eigenvalue weighted by molar-refractivity contribution is 14.1. The van der Waals surface area contributed by atoms with Gasteiger partial charge < -0.3 is 0 Å². The standard InChI is InChI=1S/C6H8BrIN2/c1-2-3-10-6(8)5(7)4-9-10/h4H,2-3H2,1H3. The van der Waals surface area contributed by atoms with Gasteiger partial charge in [0.2, 0.25) is 0 Å². The molecule has 0 saturated carbocycles. The maximum Gasteiger partial charge on any atom is 0.113 e. The van der Waals surface area contributed by atoms with Crippen molar-refractivity contribution < 1.29 is 0 Å². The summed E-state index contributed by atoms with van der Waals surface area (Å²) in [5.74, 6) is 0. The Balaban J connectivity index is 2.83. The summed E-state index contributed by atoms with van der Waals surface area (Å²) in [5.41, 5.74) is 0. The van der Waals surface area contributed by atoms with Crippen molar-refractivity contribution in [1.82, 2.24) is 9.78 Å². The highest BCUT2D eigenvalue weighted by Gasteiger charge is 2.02. The molecule has 0 unspecified atom stereocenters. The Labute approximate surface area is 82.3 Å². The quantitative estimate of drug-likeness (QED) is 0.767. The molecule has 0 N–H and O–H groups in total. The minimum Gasteiger partial charge on any atom is -0.258 e. The Bertz CT molecular complexity index is 222. The van der Waals surface area contributed by atoms with Crippen LogP contribution in [0.25, 0.3) is 0 Å². The molecule has 0 bridgehead atoms. The molecule has 0 spiro atoms. The first-order valence-electron chi connectivity index (χ1n) is 3.12. The average molecular weight is 315 g/mol. The number of aromatic nitrogens is 2. The van der Waals surface area contributed by atoms with Crippen LogP contribution in [0.4, 0.5) is 0 Å². The molecule has 0 fully saturated rings. The van der Waals surface area contributed by atoms with Gasteiger partial charge in [-0.05, 0) is 44.9 Å². The third-order valence-corrected chi connectivity index (χ3v) is 3.63. The number of halogens is 2. The van der Waals surface area contributed by atoms with Gasteiger partial charge in [0, 0.05) is 6.54 Å². The first-order chi connectivity index (χ1) is 4.75. The van der Waals surface area contributed by atoms with Gasteiger partial charge in [-0.3, -0.25) is 4.68 Å². The first kappa shape index (κ1) is 8.52. The Morgan fingerprint density at radius 1 is 1.80 bits per heavy atom. The molecule has 0 aliphatic carbocycles. The predicted octanol–water partition coefficient (Wildman–Crippen LogP) is 2.66. The summed E-state index contributed by atoms with van der Waals surface area (Å²) < 4.78 is 4.26. The number of hydrogen-bond donors (Lipinski definition) is 0. The molecular formula is C6H8BrIN2. The van der Waals surface area contributed by atoms with Crippen LogP contribution in [0.3, 0.4) is 0 Å². The fraction of sp³-hybridized carbons (Fsp3) is 0.500. The number of aryl methyl sites for hydroxylation is 1. The van der Waals surface area contributed by atoms with E-state index in [0.717, 1.165) is 17.4 Å². The van der Waals surface area contributed by atoms with Crippen molar-refractivity contribution in [2.24, 2.45) is 0 Å². The lowest BCUT2D eigenvalue weighted by atomic mass is 10.5. The van der Waals surface area contributed by atoms with Crippen LogP contribution >= 0.6 is 38.5 Å². The minimum atomic E-state index is 1.00. The van der Waals surface area contributed by atoms with Crippen LogP contribution in [0.1, 0.15) is 13.3 Å². The Kier molecular flexibility index (Phi) is 3.16. The van der Waals surface area contributed by atoms with Crippen molar-refractivity contribution in [1.29, 1.82) is 0 Å². The highest BCUT2D eigenvalue weighted by atomic mass is 127. The van der Waals surface area contributed by atoms with Crippen molar-refractivity contribution >= 4 is 38.5 Å². The normalized spacial score (nSPS) is 10.3. The molecule has 0 amide bonds.